The van der Waals surface area contributed by atoms with Crippen molar-refractivity contribution < 1.29 is 42.2 Å². The Morgan fingerprint density at radius 3 is 2.36 bits per heavy atom. The molecule has 288 valence electrons. The van der Waals surface area contributed by atoms with E-state index in [0.717, 1.165) is 10.6 Å². The SMILES string of the molecule is COc1cc([C@H]2C3=CC[C@@H]4C(=O)N(Cc5ccccc5)C(=O)[C@@H]4[C@@H]3C[C@H]3C(=O)N(Nc4ncc(C(F)(F)F)cc4Cl)C(=O)[C@@]23c2ccc(Cl)cc2)cc(Br)c1O. The maximum absolute atomic E-state index is 15.4. The normalized spacial score (nSPS) is 25.8. The number of benzene rings is 3. The Hall–Kier alpha value is -4.92. The maximum atomic E-state index is 15.4. The number of ether oxygens (including phenoxy) is 1. The smallest absolute Gasteiger partial charge is 0.417 e. The van der Waals surface area contributed by atoms with Gasteiger partial charge in [-0.1, -0.05) is 77.3 Å². The number of hydrogen-bond acceptors (Lipinski definition) is 8. The van der Waals surface area contributed by atoms with E-state index >= 15 is 4.79 Å². The van der Waals surface area contributed by atoms with Crippen LogP contribution in [0.4, 0.5) is 19.0 Å². The Morgan fingerprint density at radius 2 is 1.70 bits per heavy atom. The quantitative estimate of drug-likeness (QED) is 0.141. The fourth-order valence-electron chi connectivity index (χ4n) is 9.06. The Kier molecular flexibility index (Phi) is 9.44. The number of phenols is 1. The lowest BCUT2D eigenvalue weighted by Gasteiger charge is -2.50. The van der Waals surface area contributed by atoms with Gasteiger partial charge in [-0.25, -0.2) is 4.98 Å². The summed E-state index contributed by atoms with van der Waals surface area (Å²) in [5.74, 6) is -7.29. The van der Waals surface area contributed by atoms with E-state index in [-0.39, 0.29) is 47.1 Å². The number of phenolic OH excluding ortho intramolecular Hbond substituents is 1. The highest BCUT2D eigenvalue weighted by Crippen LogP contribution is 2.64. The average molecular weight is 871 g/mol. The van der Waals surface area contributed by atoms with Crippen LogP contribution in [0.25, 0.3) is 0 Å². The van der Waals surface area contributed by atoms with E-state index in [1.807, 2.05) is 36.4 Å². The van der Waals surface area contributed by atoms with Gasteiger partial charge in [0.25, 0.3) is 11.8 Å². The molecule has 2 aliphatic carbocycles. The minimum Gasteiger partial charge on any atom is -0.503 e. The van der Waals surface area contributed by atoms with Gasteiger partial charge in [-0.15, -0.1) is 0 Å². The molecule has 2 aliphatic heterocycles. The highest BCUT2D eigenvalue weighted by Gasteiger charge is 2.70. The summed E-state index contributed by atoms with van der Waals surface area (Å²) in [5.41, 5.74) is 1.94. The van der Waals surface area contributed by atoms with Gasteiger partial charge in [-0.2, -0.15) is 18.2 Å². The summed E-state index contributed by atoms with van der Waals surface area (Å²) in [6, 6.07) is 19.3. The first-order valence-corrected chi connectivity index (χ1v) is 19.0. The molecule has 8 rings (SSSR count). The molecular formula is C40H30BrCl2F3N4O6. The first-order chi connectivity index (χ1) is 26.7. The lowest BCUT2D eigenvalue weighted by molar-refractivity contribution is -0.142. The zero-order valence-electron chi connectivity index (χ0n) is 29.2. The number of amides is 4. The summed E-state index contributed by atoms with van der Waals surface area (Å²) in [7, 11) is 1.36. The third kappa shape index (κ3) is 5.87. The van der Waals surface area contributed by atoms with Gasteiger partial charge in [0.15, 0.2) is 17.3 Å². The molecule has 10 nitrogen and oxygen atoms in total. The third-order valence-electron chi connectivity index (χ3n) is 11.4. The van der Waals surface area contributed by atoms with E-state index in [4.69, 9.17) is 27.9 Å². The molecule has 3 fully saturated rings. The van der Waals surface area contributed by atoms with E-state index in [1.54, 1.807) is 36.4 Å². The Labute approximate surface area is 336 Å². The number of allylic oxidation sites excluding steroid dienone is 2. The number of carbonyl (C=O) groups excluding carboxylic acids is 4. The van der Waals surface area contributed by atoms with Crippen LogP contribution in [-0.4, -0.2) is 50.7 Å². The van der Waals surface area contributed by atoms with Crippen molar-refractivity contribution in [1.29, 1.82) is 0 Å². The monoisotopic (exact) mass is 868 g/mol. The first-order valence-electron chi connectivity index (χ1n) is 17.5. The number of pyridine rings is 1. The number of anilines is 1. The van der Waals surface area contributed by atoms with Gasteiger partial charge in [-0.3, -0.25) is 29.5 Å². The summed E-state index contributed by atoms with van der Waals surface area (Å²) in [6.07, 6.45) is -2.22. The second kappa shape index (κ2) is 13.9. The van der Waals surface area contributed by atoms with Crippen LogP contribution in [0.5, 0.6) is 11.5 Å². The van der Waals surface area contributed by atoms with E-state index in [1.165, 1.54) is 12.0 Å². The number of imide groups is 2. The van der Waals surface area contributed by atoms with Crippen molar-refractivity contribution in [2.24, 2.45) is 23.7 Å². The molecule has 2 N–H and O–H groups in total. The average Bonchev–Trinajstić information content (AvgIpc) is 3.54. The van der Waals surface area contributed by atoms with Gasteiger partial charge in [0.05, 0.1) is 51.9 Å². The number of hydrogen-bond donors (Lipinski definition) is 2. The summed E-state index contributed by atoms with van der Waals surface area (Å²) in [5, 5.41) is 11.4. The molecule has 1 saturated carbocycles. The Balaban J connectivity index is 1.31. The van der Waals surface area contributed by atoms with Gasteiger partial charge in [0.1, 0.15) is 0 Å². The Morgan fingerprint density at radius 1 is 0.982 bits per heavy atom. The molecule has 4 aromatic rings. The minimum absolute atomic E-state index is 0.0440. The second-order valence-corrected chi connectivity index (χ2v) is 15.9. The van der Waals surface area contributed by atoms with Crippen LogP contribution >= 0.6 is 39.1 Å². The molecule has 0 unspecified atom stereocenters. The van der Waals surface area contributed by atoms with Crippen molar-refractivity contribution in [2.75, 3.05) is 12.5 Å². The molecule has 3 aromatic carbocycles. The largest absolute Gasteiger partial charge is 0.503 e. The van der Waals surface area contributed by atoms with Gasteiger partial charge in [-0.05, 0) is 81.7 Å². The van der Waals surface area contributed by atoms with Crippen LogP contribution in [0.2, 0.25) is 10.0 Å². The fourth-order valence-corrected chi connectivity index (χ4v) is 9.86. The highest BCUT2D eigenvalue weighted by molar-refractivity contribution is 9.10. The number of methoxy groups -OCH3 is 1. The molecule has 4 amide bonds. The number of aromatic hydroxyl groups is 1. The van der Waals surface area contributed by atoms with Gasteiger partial charge in [0, 0.05) is 17.1 Å². The molecule has 16 heteroatoms. The van der Waals surface area contributed by atoms with Crippen LogP contribution in [0.3, 0.4) is 0 Å². The van der Waals surface area contributed by atoms with E-state index in [9.17, 15) is 32.7 Å². The minimum atomic E-state index is -4.76. The van der Waals surface area contributed by atoms with Gasteiger partial charge in [0.2, 0.25) is 11.8 Å². The van der Waals surface area contributed by atoms with Crippen molar-refractivity contribution in [3.8, 4) is 11.5 Å². The van der Waals surface area contributed by atoms with E-state index in [0.29, 0.717) is 34.0 Å². The molecular weight excluding hydrogens is 840 g/mol. The zero-order valence-corrected chi connectivity index (χ0v) is 32.3. The molecule has 2 saturated heterocycles. The number of hydrazine groups is 1. The van der Waals surface area contributed by atoms with Crippen molar-refractivity contribution in [3.63, 3.8) is 0 Å². The molecule has 3 heterocycles. The van der Waals surface area contributed by atoms with Gasteiger partial charge < -0.3 is 9.84 Å². The third-order valence-corrected chi connectivity index (χ3v) is 12.6. The fraction of sp³-hybridized carbons (Fsp3) is 0.275. The molecule has 0 spiro atoms. The van der Waals surface area contributed by atoms with Crippen LogP contribution in [0.15, 0.2) is 95.1 Å². The number of fused-ring (bicyclic) bond motifs is 4. The lowest BCUT2D eigenvalue weighted by atomic mass is 9.49. The number of carbonyl (C=O) groups is 4. The van der Waals surface area contributed by atoms with Crippen LogP contribution in [0.1, 0.15) is 41.0 Å². The van der Waals surface area contributed by atoms with Crippen molar-refractivity contribution in [1.82, 2.24) is 14.9 Å². The predicted octanol–water partition coefficient (Wildman–Crippen LogP) is 8.07. The predicted molar refractivity (Wildman–Crippen MR) is 201 cm³/mol. The molecule has 0 radical (unpaired) electrons. The number of rotatable bonds is 7. The van der Waals surface area contributed by atoms with E-state index in [2.05, 4.69) is 26.3 Å². The summed E-state index contributed by atoms with van der Waals surface area (Å²) < 4.78 is 46.3. The zero-order chi connectivity index (χ0) is 39.8. The summed E-state index contributed by atoms with van der Waals surface area (Å²) in [4.78, 5) is 63.7. The maximum Gasteiger partial charge on any atom is 0.417 e. The molecule has 4 aliphatic rings. The lowest BCUT2D eigenvalue weighted by Crippen LogP contribution is -2.53. The van der Waals surface area contributed by atoms with Crippen molar-refractivity contribution in [2.45, 2.75) is 36.9 Å². The van der Waals surface area contributed by atoms with Gasteiger partial charge >= 0.3 is 6.18 Å². The number of alkyl halides is 3. The summed E-state index contributed by atoms with van der Waals surface area (Å²) >= 11 is 16.0. The Bertz CT molecular complexity index is 2350. The number of halogens is 6. The van der Waals surface area contributed by atoms with Crippen molar-refractivity contribution in [3.05, 3.63) is 127 Å². The van der Waals surface area contributed by atoms with Crippen molar-refractivity contribution >= 4 is 68.6 Å². The molecule has 0 bridgehead atoms. The molecule has 56 heavy (non-hydrogen) atoms. The number of nitrogens with zero attached hydrogens (tertiary/aromatic N) is 3. The van der Waals surface area contributed by atoms with E-state index < -0.39 is 69.5 Å². The number of aromatic nitrogens is 1. The highest BCUT2D eigenvalue weighted by atomic mass is 79.9. The number of nitrogens with one attached hydrogen (secondary N) is 1. The first kappa shape index (κ1) is 38.0. The van der Waals surface area contributed by atoms with Crippen LogP contribution in [-0.2, 0) is 37.3 Å². The molecule has 1 aromatic heterocycles. The topological polar surface area (TPSA) is 129 Å². The molecule has 6 atom stereocenters. The van der Waals surface area contributed by atoms with Crippen LogP contribution in [0, 0.1) is 23.7 Å². The summed E-state index contributed by atoms with van der Waals surface area (Å²) in [6.45, 7) is 0.0627. The van der Waals surface area contributed by atoms with Crippen LogP contribution < -0.4 is 10.2 Å². The second-order valence-electron chi connectivity index (χ2n) is 14.2. The standard InChI is InChI=1S/C40H30BrCl2F3N4O6/c1-56-30-14-20(13-28(41)33(30)51)32-24-11-12-25-31(37(54)49(35(25)52)18-19-5-3-2-4-6-19)26(24)16-27-36(53)50(38(55)39(27,32)21-7-9-23(42)10-8-21)48-34-29(43)15-22(17-47-34)40(44,45)46/h2-11,13-15,17,25-27,31-32,51H,12,16,18H2,1H3,(H,47,48)/t25-,26+,27-,31-,32-,39+/m0/s1. The number of likely N-dealkylation sites (tertiary alicyclic amines) is 1.